The number of hydrogen-bond acceptors (Lipinski definition) is 5. The molecule has 33 heavy (non-hydrogen) atoms. The van der Waals surface area contributed by atoms with Crippen LogP contribution in [0.15, 0.2) is 83.3 Å². The molecular formula is C24H18BrFN4O2S. The third-order valence-electron chi connectivity index (χ3n) is 4.74. The van der Waals surface area contributed by atoms with Crippen molar-refractivity contribution >= 4 is 44.2 Å². The van der Waals surface area contributed by atoms with Crippen molar-refractivity contribution in [2.45, 2.75) is 12.5 Å². The fourth-order valence-corrected chi connectivity index (χ4v) is 4.26. The molecule has 4 rings (SSSR count). The summed E-state index contributed by atoms with van der Waals surface area (Å²) in [5.74, 6) is -1.12. The van der Waals surface area contributed by atoms with Crippen molar-refractivity contribution in [1.29, 1.82) is 0 Å². The maximum absolute atomic E-state index is 13.2. The molecule has 1 aromatic heterocycles. The Morgan fingerprint density at radius 2 is 1.73 bits per heavy atom. The van der Waals surface area contributed by atoms with E-state index in [1.807, 2.05) is 36.4 Å². The van der Waals surface area contributed by atoms with Gasteiger partial charge in [0.05, 0.1) is 0 Å². The highest BCUT2D eigenvalue weighted by atomic mass is 79.9. The lowest BCUT2D eigenvalue weighted by atomic mass is 10.0. The van der Waals surface area contributed by atoms with Gasteiger partial charge < -0.3 is 5.32 Å². The SMILES string of the molecule is O=C(NC(Cc1ccccc1)C(=O)Nc1nnc(-c2ccc(F)cc2)s1)c1cccc(Br)c1. The van der Waals surface area contributed by atoms with Gasteiger partial charge in [-0.2, -0.15) is 0 Å². The highest BCUT2D eigenvalue weighted by Gasteiger charge is 2.23. The molecule has 4 aromatic rings. The number of nitrogens with one attached hydrogen (secondary N) is 2. The predicted octanol–water partition coefficient (Wildman–Crippen LogP) is 5.09. The molecule has 1 heterocycles. The molecule has 0 saturated heterocycles. The summed E-state index contributed by atoms with van der Waals surface area (Å²) in [7, 11) is 0. The van der Waals surface area contributed by atoms with Crippen LogP contribution in [0.1, 0.15) is 15.9 Å². The summed E-state index contributed by atoms with van der Waals surface area (Å²) in [6.45, 7) is 0. The number of amides is 2. The average molecular weight is 525 g/mol. The Labute approximate surface area is 202 Å². The van der Waals surface area contributed by atoms with Gasteiger partial charge in [0.25, 0.3) is 5.91 Å². The van der Waals surface area contributed by atoms with Crippen LogP contribution >= 0.6 is 27.3 Å². The van der Waals surface area contributed by atoms with E-state index in [2.05, 4.69) is 36.8 Å². The molecule has 2 N–H and O–H groups in total. The molecule has 6 nitrogen and oxygen atoms in total. The van der Waals surface area contributed by atoms with Crippen LogP contribution < -0.4 is 10.6 Å². The van der Waals surface area contributed by atoms with Crippen molar-refractivity contribution in [3.63, 3.8) is 0 Å². The number of aromatic nitrogens is 2. The number of hydrogen-bond donors (Lipinski definition) is 2. The minimum atomic E-state index is -0.836. The zero-order chi connectivity index (χ0) is 23.2. The van der Waals surface area contributed by atoms with Crippen molar-refractivity contribution in [1.82, 2.24) is 15.5 Å². The molecule has 0 aliphatic carbocycles. The fraction of sp³-hybridized carbons (Fsp3) is 0.0833. The second-order valence-electron chi connectivity index (χ2n) is 7.13. The maximum atomic E-state index is 13.2. The largest absolute Gasteiger partial charge is 0.340 e. The number of carbonyl (C=O) groups excluding carboxylic acids is 2. The van der Waals surface area contributed by atoms with Crippen molar-refractivity contribution in [3.8, 4) is 10.6 Å². The smallest absolute Gasteiger partial charge is 0.251 e. The van der Waals surface area contributed by atoms with E-state index in [9.17, 15) is 14.0 Å². The van der Waals surface area contributed by atoms with Crippen LogP contribution in [0.4, 0.5) is 9.52 Å². The van der Waals surface area contributed by atoms with Crippen LogP contribution in [0.25, 0.3) is 10.6 Å². The molecule has 0 fully saturated rings. The van der Waals surface area contributed by atoms with E-state index in [-0.39, 0.29) is 16.9 Å². The van der Waals surface area contributed by atoms with Gasteiger partial charge in [-0.3, -0.25) is 14.9 Å². The van der Waals surface area contributed by atoms with Gasteiger partial charge in [0.2, 0.25) is 11.0 Å². The van der Waals surface area contributed by atoms with Gasteiger partial charge in [-0.1, -0.05) is 63.7 Å². The Bertz CT molecular complexity index is 1260. The van der Waals surface area contributed by atoms with E-state index in [0.717, 1.165) is 10.0 Å². The summed E-state index contributed by atoms with van der Waals surface area (Å²) >= 11 is 4.52. The topological polar surface area (TPSA) is 84.0 Å². The third-order valence-corrected chi connectivity index (χ3v) is 6.12. The molecule has 0 saturated carbocycles. The molecule has 9 heteroatoms. The Kier molecular flexibility index (Phi) is 7.21. The first-order chi connectivity index (χ1) is 16.0. The molecule has 1 atom stereocenters. The second-order valence-corrected chi connectivity index (χ2v) is 9.03. The highest BCUT2D eigenvalue weighted by Crippen LogP contribution is 2.26. The lowest BCUT2D eigenvalue weighted by molar-refractivity contribution is -0.118. The van der Waals surface area contributed by atoms with Gasteiger partial charge in [0.1, 0.15) is 16.9 Å². The molecule has 0 bridgehead atoms. The monoisotopic (exact) mass is 524 g/mol. The zero-order valence-electron chi connectivity index (χ0n) is 17.2. The molecule has 166 valence electrons. The summed E-state index contributed by atoms with van der Waals surface area (Å²) in [6, 6.07) is 21.4. The van der Waals surface area contributed by atoms with Crippen LogP contribution in [0.5, 0.6) is 0 Å². The van der Waals surface area contributed by atoms with Gasteiger partial charge in [0, 0.05) is 22.0 Å². The van der Waals surface area contributed by atoms with Gasteiger partial charge in [-0.15, -0.1) is 10.2 Å². The first-order valence-corrected chi connectivity index (χ1v) is 11.6. The molecule has 1 unspecified atom stereocenters. The Morgan fingerprint density at radius 3 is 2.45 bits per heavy atom. The average Bonchev–Trinajstić information content (AvgIpc) is 3.28. The van der Waals surface area contributed by atoms with Gasteiger partial charge in [-0.05, 0) is 48.0 Å². The minimum Gasteiger partial charge on any atom is -0.340 e. The zero-order valence-corrected chi connectivity index (χ0v) is 19.6. The second kappa shape index (κ2) is 10.5. The minimum absolute atomic E-state index is 0.286. The van der Waals surface area contributed by atoms with E-state index in [4.69, 9.17) is 0 Å². The summed E-state index contributed by atoms with van der Waals surface area (Å²) in [6.07, 6.45) is 0.302. The van der Waals surface area contributed by atoms with Gasteiger partial charge >= 0.3 is 0 Å². The van der Waals surface area contributed by atoms with Crippen LogP contribution in [-0.2, 0) is 11.2 Å². The molecule has 0 aliphatic rings. The van der Waals surface area contributed by atoms with Crippen LogP contribution in [-0.4, -0.2) is 28.1 Å². The molecule has 0 spiro atoms. The fourth-order valence-electron chi connectivity index (χ4n) is 3.11. The number of halogens is 2. The molecule has 3 aromatic carbocycles. The number of carbonyl (C=O) groups is 2. The van der Waals surface area contributed by atoms with E-state index < -0.39 is 11.9 Å². The lowest BCUT2D eigenvalue weighted by Gasteiger charge is -2.18. The summed E-state index contributed by atoms with van der Waals surface area (Å²) in [5, 5.41) is 14.5. The predicted molar refractivity (Wildman–Crippen MR) is 129 cm³/mol. The normalized spacial score (nSPS) is 11.6. The standard InChI is InChI=1S/C24H18BrFN4O2S/c25-18-8-4-7-17(14-18)21(31)27-20(13-15-5-2-1-3-6-15)22(32)28-24-30-29-23(33-24)16-9-11-19(26)12-10-16/h1-12,14,20H,13H2,(H,27,31)(H,28,30,32). The van der Waals surface area contributed by atoms with Crippen molar-refractivity contribution in [3.05, 3.63) is 100 Å². The lowest BCUT2D eigenvalue weighted by Crippen LogP contribution is -2.45. The Hall–Kier alpha value is -3.43. The third kappa shape index (κ3) is 6.09. The molecular weight excluding hydrogens is 507 g/mol. The van der Waals surface area contributed by atoms with Crippen LogP contribution in [0.3, 0.4) is 0 Å². The summed E-state index contributed by atoms with van der Waals surface area (Å²) in [4.78, 5) is 25.9. The number of anilines is 1. The van der Waals surface area contributed by atoms with Crippen LogP contribution in [0.2, 0.25) is 0 Å². The van der Waals surface area contributed by atoms with Gasteiger partial charge in [-0.25, -0.2) is 4.39 Å². The Morgan fingerprint density at radius 1 is 0.970 bits per heavy atom. The number of nitrogens with zero attached hydrogens (tertiary/aromatic N) is 2. The number of benzene rings is 3. The van der Waals surface area contributed by atoms with E-state index in [1.165, 1.54) is 23.5 Å². The van der Waals surface area contributed by atoms with E-state index in [1.54, 1.807) is 30.3 Å². The first kappa shape index (κ1) is 22.8. The molecule has 0 aliphatic heterocycles. The van der Waals surface area contributed by atoms with Crippen LogP contribution in [0, 0.1) is 5.82 Å². The number of rotatable bonds is 7. The summed E-state index contributed by atoms with van der Waals surface area (Å²) < 4.78 is 13.9. The Balaban J connectivity index is 1.51. The highest BCUT2D eigenvalue weighted by molar-refractivity contribution is 9.10. The van der Waals surface area contributed by atoms with Gasteiger partial charge in [0.15, 0.2) is 0 Å². The van der Waals surface area contributed by atoms with Crippen molar-refractivity contribution < 1.29 is 14.0 Å². The quantitative estimate of drug-likeness (QED) is 0.352. The maximum Gasteiger partial charge on any atom is 0.251 e. The summed E-state index contributed by atoms with van der Waals surface area (Å²) in [5.41, 5.74) is 2.03. The van der Waals surface area contributed by atoms with Crippen molar-refractivity contribution in [2.75, 3.05) is 5.32 Å². The van der Waals surface area contributed by atoms with E-state index in [0.29, 0.717) is 22.6 Å². The van der Waals surface area contributed by atoms with Crippen molar-refractivity contribution in [2.24, 2.45) is 0 Å². The van der Waals surface area contributed by atoms with E-state index >= 15 is 0 Å². The molecule has 2 amide bonds. The molecule has 0 radical (unpaired) electrons. The first-order valence-electron chi connectivity index (χ1n) is 9.98.